The zero-order chi connectivity index (χ0) is 9.31. The van der Waals surface area contributed by atoms with Gasteiger partial charge in [0.1, 0.15) is 0 Å². The smallest absolute Gasteiger partial charge is 0.0244 e. The average molecular weight is 199 g/mol. The van der Waals surface area contributed by atoms with Gasteiger partial charge in [-0.2, -0.15) is 11.8 Å². The minimum Gasteiger partial charge on any atom is -0.296 e. The molecule has 0 radical (unpaired) electrons. The average Bonchev–Trinajstić information content (AvgIpc) is 1.98. The highest BCUT2D eigenvalue weighted by Gasteiger charge is 2.32. The van der Waals surface area contributed by atoms with E-state index < -0.39 is 0 Å². The minimum atomic E-state index is 0.457. The molecule has 0 spiro atoms. The lowest BCUT2D eigenvalue weighted by Gasteiger charge is -2.45. The van der Waals surface area contributed by atoms with Crippen LogP contribution in [0.15, 0.2) is 0 Å². The van der Waals surface area contributed by atoms with Gasteiger partial charge in [-0.3, -0.25) is 4.90 Å². The van der Waals surface area contributed by atoms with E-state index in [0.29, 0.717) is 5.54 Å². The Morgan fingerprint density at radius 3 is 2.69 bits per heavy atom. The molecular formula is C11H21NS. The molecule has 1 saturated heterocycles. The standard InChI is InChI=1S/C11H21NS/c1-11(2)9-13-7-6-12(11)8-10-4-3-5-10/h10H,3-9H2,1-2H3. The Balaban J connectivity index is 1.87. The van der Waals surface area contributed by atoms with Gasteiger partial charge in [-0.25, -0.2) is 0 Å². The molecule has 1 heterocycles. The fourth-order valence-corrected chi connectivity index (χ4v) is 3.39. The molecule has 0 atom stereocenters. The van der Waals surface area contributed by atoms with Gasteiger partial charge in [-0.05, 0) is 32.6 Å². The van der Waals surface area contributed by atoms with Gasteiger partial charge >= 0.3 is 0 Å². The van der Waals surface area contributed by atoms with Gasteiger partial charge < -0.3 is 0 Å². The fraction of sp³-hybridized carbons (Fsp3) is 1.00. The van der Waals surface area contributed by atoms with Gasteiger partial charge in [0.05, 0.1) is 0 Å². The minimum absolute atomic E-state index is 0.457. The van der Waals surface area contributed by atoms with Crippen LogP contribution in [0, 0.1) is 5.92 Å². The molecule has 76 valence electrons. The molecule has 1 saturated carbocycles. The Morgan fingerprint density at radius 1 is 1.38 bits per heavy atom. The van der Waals surface area contributed by atoms with Crippen molar-refractivity contribution in [3.05, 3.63) is 0 Å². The van der Waals surface area contributed by atoms with E-state index in [9.17, 15) is 0 Å². The Morgan fingerprint density at radius 2 is 2.15 bits per heavy atom. The summed E-state index contributed by atoms with van der Waals surface area (Å²) in [5.74, 6) is 3.69. The van der Waals surface area contributed by atoms with E-state index in [4.69, 9.17) is 0 Å². The molecule has 0 aromatic carbocycles. The number of hydrogen-bond donors (Lipinski definition) is 0. The fourth-order valence-electron chi connectivity index (χ4n) is 2.22. The number of rotatable bonds is 2. The summed E-state index contributed by atoms with van der Waals surface area (Å²) in [6, 6.07) is 0. The van der Waals surface area contributed by atoms with Crippen LogP contribution >= 0.6 is 11.8 Å². The molecule has 0 unspecified atom stereocenters. The normalized spacial score (nSPS) is 30.0. The van der Waals surface area contributed by atoms with E-state index in [0.717, 1.165) is 5.92 Å². The molecule has 2 heteroatoms. The second kappa shape index (κ2) is 3.82. The molecule has 2 aliphatic rings. The SMILES string of the molecule is CC1(C)CSCCN1CC1CCC1. The van der Waals surface area contributed by atoms with Crippen molar-refractivity contribution in [3.8, 4) is 0 Å². The molecule has 0 aromatic heterocycles. The van der Waals surface area contributed by atoms with E-state index in [1.807, 2.05) is 0 Å². The van der Waals surface area contributed by atoms with Crippen LogP contribution in [0.25, 0.3) is 0 Å². The maximum Gasteiger partial charge on any atom is 0.0244 e. The number of nitrogens with zero attached hydrogens (tertiary/aromatic N) is 1. The first-order chi connectivity index (χ1) is 6.18. The van der Waals surface area contributed by atoms with E-state index >= 15 is 0 Å². The van der Waals surface area contributed by atoms with Crippen LogP contribution in [0.3, 0.4) is 0 Å². The van der Waals surface area contributed by atoms with Gasteiger partial charge in [-0.1, -0.05) is 6.42 Å². The Bertz CT molecular complexity index is 175. The highest BCUT2D eigenvalue weighted by Crippen LogP contribution is 2.32. The first-order valence-corrected chi connectivity index (χ1v) is 6.67. The maximum atomic E-state index is 2.72. The zero-order valence-corrected chi connectivity index (χ0v) is 9.70. The van der Waals surface area contributed by atoms with Gasteiger partial charge in [0, 0.05) is 30.1 Å². The summed E-state index contributed by atoms with van der Waals surface area (Å²) in [7, 11) is 0. The largest absolute Gasteiger partial charge is 0.296 e. The molecule has 1 nitrogen and oxygen atoms in total. The third kappa shape index (κ3) is 2.21. The molecule has 0 aromatic rings. The van der Waals surface area contributed by atoms with Crippen molar-refractivity contribution in [1.82, 2.24) is 4.90 Å². The second-order valence-corrected chi connectivity index (χ2v) is 6.21. The number of thioether (sulfide) groups is 1. The van der Waals surface area contributed by atoms with Crippen LogP contribution in [-0.2, 0) is 0 Å². The molecule has 0 N–H and O–H groups in total. The zero-order valence-electron chi connectivity index (χ0n) is 8.88. The summed E-state index contributed by atoms with van der Waals surface area (Å²) in [5.41, 5.74) is 0.457. The van der Waals surface area contributed by atoms with Crippen LogP contribution in [0.2, 0.25) is 0 Å². The van der Waals surface area contributed by atoms with Crippen molar-refractivity contribution < 1.29 is 0 Å². The van der Waals surface area contributed by atoms with Gasteiger partial charge in [0.15, 0.2) is 0 Å². The lowest BCUT2D eigenvalue weighted by molar-refractivity contribution is 0.0957. The van der Waals surface area contributed by atoms with Crippen molar-refractivity contribution in [2.45, 2.75) is 38.6 Å². The first-order valence-electron chi connectivity index (χ1n) is 5.51. The summed E-state index contributed by atoms with van der Waals surface area (Å²) in [5, 5.41) is 0. The maximum absolute atomic E-state index is 2.72. The highest BCUT2D eigenvalue weighted by atomic mass is 32.2. The third-order valence-corrected chi connectivity index (χ3v) is 4.90. The molecule has 13 heavy (non-hydrogen) atoms. The van der Waals surface area contributed by atoms with E-state index in [1.54, 1.807) is 0 Å². The van der Waals surface area contributed by atoms with Crippen LogP contribution < -0.4 is 0 Å². The molecule has 1 aliphatic heterocycles. The van der Waals surface area contributed by atoms with Gasteiger partial charge in [0.2, 0.25) is 0 Å². The quantitative estimate of drug-likeness (QED) is 0.672. The Labute approximate surface area is 86.3 Å². The summed E-state index contributed by atoms with van der Waals surface area (Å²) < 4.78 is 0. The number of hydrogen-bond acceptors (Lipinski definition) is 2. The molecule has 2 rings (SSSR count). The predicted molar refractivity (Wildman–Crippen MR) is 60.3 cm³/mol. The van der Waals surface area contributed by atoms with Gasteiger partial charge in [0.25, 0.3) is 0 Å². The van der Waals surface area contributed by atoms with Crippen LogP contribution in [0.1, 0.15) is 33.1 Å². The topological polar surface area (TPSA) is 3.24 Å². The van der Waals surface area contributed by atoms with E-state index in [1.165, 1.54) is 43.9 Å². The van der Waals surface area contributed by atoms with Crippen molar-refractivity contribution in [3.63, 3.8) is 0 Å². The summed E-state index contributed by atoms with van der Waals surface area (Å²) in [4.78, 5) is 2.72. The monoisotopic (exact) mass is 199 g/mol. The highest BCUT2D eigenvalue weighted by molar-refractivity contribution is 7.99. The second-order valence-electron chi connectivity index (χ2n) is 5.11. The predicted octanol–water partition coefficient (Wildman–Crippen LogP) is 2.61. The van der Waals surface area contributed by atoms with Crippen molar-refractivity contribution >= 4 is 11.8 Å². The van der Waals surface area contributed by atoms with Crippen molar-refractivity contribution in [2.24, 2.45) is 5.92 Å². The molecule has 0 bridgehead atoms. The Hall–Kier alpha value is 0.310. The third-order valence-electron chi connectivity index (χ3n) is 3.52. The van der Waals surface area contributed by atoms with E-state index in [2.05, 4.69) is 30.5 Å². The molecule has 1 aliphatic carbocycles. The molecule has 0 amide bonds. The summed E-state index contributed by atoms with van der Waals surface area (Å²) >= 11 is 2.12. The van der Waals surface area contributed by atoms with Crippen LogP contribution in [-0.4, -0.2) is 35.0 Å². The van der Waals surface area contributed by atoms with Crippen LogP contribution in [0.5, 0.6) is 0 Å². The summed E-state index contributed by atoms with van der Waals surface area (Å²) in [6.07, 6.45) is 4.45. The molecule has 2 fully saturated rings. The molecular weight excluding hydrogens is 178 g/mol. The lowest BCUT2D eigenvalue weighted by Crippen LogP contribution is -2.52. The van der Waals surface area contributed by atoms with Crippen molar-refractivity contribution in [1.29, 1.82) is 0 Å². The van der Waals surface area contributed by atoms with E-state index in [-0.39, 0.29) is 0 Å². The Kier molecular flexibility index (Phi) is 2.89. The lowest BCUT2D eigenvalue weighted by atomic mass is 9.84. The van der Waals surface area contributed by atoms with Crippen LogP contribution in [0.4, 0.5) is 0 Å². The van der Waals surface area contributed by atoms with Gasteiger partial charge in [-0.15, -0.1) is 0 Å². The summed E-state index contributed by atoms with van der Waals surface area (Å²) in [6.45, 7) is 7.48. The first kappa shape index (κ1) is 9.85. The van der Waals surface area contributed by atoms with Crippen molar-refractivity contribution in [2.75, 3.05) is 24.6 Å².